The van der Waals surface area contributed by atoms with Gasteiger partial charge >= 0.3 is 0 Å². The van der Waals surface area contributed by atoms with Gasteiger partial charge < -0.3 is 10.1 Å². The van der Waals surface area contributed by atoms with Crippen LogP contribution in [-0.4, -0.2) is 23.7 Å². The molecule has 0 amide bonds. The fourth-order valence-corrected chi connectivity index (χ4v) is 4.79. The molecule has 1 aromatic carbocycles. The molecule has 2 nitrogen and oxygen atoms in total. The molecule has 18 heavy (non-hydrogen) atoms. The summed E-state index contributed by atoms with van der Waals surface area (Å²) in [6.45, 7) is 2.30. The second-order valence-electron chi connectivity index (χ2n) is 5.16. The Labute approximate surface area is 121 Å². The van der Waals surface area contributed by atoms with E-state index in [0.29, 0.717) is 11.3 Å². The minimum Gasteiger partial charge on any atom is -0.486 e. The highest BCUT2D eigenvalue weighted by molar-refractivity contribution is 9.10. The largest absolute Gasteiger partial charge is 0.486 e. The molecule has 1 N–H and O–H groups in total. The second kappa shape index (κ2) is 4.73. The van der Waals surface area contributed by atoms with Crippen LogP contribution in [0.1, 0.15) is 31.4 Å². The van der Waals surface area contributed by atoms with Crippen LogP contribution in [0, 0.1) is 0 Å². The lowest BCUT2D eigenvalue weighted by molar-refractivity contribution is 0.0364. The smallest absolute Gasteiger partial charge is 0.125 e. The number of fused-ring (bicyclic) bond motifs is 1. The molecule has 0 aliphatic carbocycles. The number of benzene rings is 1. The molecule has 1 spiro atoms. The molecule has 98 valence electrons. The van der Waals surface area contributed by atoms with Crippen molar-refractivity contribution in [2.45, 2.75) is 36.7 Å². The van der Waals surface area contributed by atoms with Crippen LogP contribution < -0.4 is 10.1 Å². The zero-order chi connectivity index (χ0) is 12.8. The maximum absolute atomic E-state index is 6.40. The van der Waals surface area contributed by atoms with Gasteiger partial charge in [-0.2, -0.15) is 11.8 Å². The van der Waals surface area contributed by atoms with E-state index in [-0.39, 0.29) is 5.60 Å². The first-order valence-electron chi connectivity index (χ1n) is 6.42. The van der Waals surface area contributed by atoms with E-state index in [1.807, 2.05) is 18.8 Å². The number of hydrogen-bond donors (Lipinski definition) is 1. The van der Waals surface area contributed by atoms with Crippen molar-refractivity contribution in [1.82, 2.24) is 5.32 Å². The van der Waals surface area contributed by atoms with Crippen molar-refractivity contribution < 1.29 is 4.74 Å². The maximum Gasteiger partial charge on any atom is 0.125 e. The number of halogens is 1. The van der Waals surface area contributed by atoms with Crippen molar-refractivity contribution in [2.24, 2.45) is 0 Å². The summed E-state index contributed by atoms with van der Waals surface area (Å²) < 4.78 is 7.52. The van der Waals surface area contributed by atoms with Crippen LogP contribution in [-0.2, 0) is 0 Å². The van der Waals surface area contributed by atoms with Crippen molar-refractivity contribution in [3.05, 3.63) is 28.2 Å². The summed E-state index contributed by atoms with van der Waals surface area (Å²) in [7, 11) is 2.04. The standard InChI is InChI=1S/C14H18BrNOS/c1-9-14(5-6-18-9)8-12(16-2)11-7-10(15)3-4-13(11)17-14/h3-4,7,9,12,16H,5-6,8H2,1-2H3. The number of rotatable bonds is 1. The van der Waals surface area contributed by atoms with Crippen LogP contribution in [0.3, 0.4) is 0 Å². The third kappa shape index (κ3) is 1.98. The van der Waals surface area contributed by atoms with Gasteiger partial charge in [0.05, 0.1) is 0 Å². The fourth-order valence-electron chi connectivity index (χ4n) is 3.02. The minimum absolute atomic E-state index is 0.0270. The Morgan fingerprint density at radius 3 is 3.00 bits per heavy atom. The summed E-state index contributed by atoms with van der Waals surface area (Å²) in [4.78, 5) is 0. The van der Waals surface area contributed by atoms with E-state index < -0.39 is 0 Å². The topological polar surface area (TPSA) is 21.3 Å². The van der Waals surface area contributed by atoms with Crippen molar-refractivity contribution in [3.63, 3.8) is 0 Å². The lowest BCUT2D eigenvalue weighted by Gasteiger charge is -2.42. The van der Waals surface area contributed by atoms with Crippen LogP contribution in [0.15, 0.2) is 22.7 Å². The van der Waals surface area contributed by atoms with E-state index in [2.05, 4.69) is 46.4 Å². The van der Waals surface area contributed by atoms with E-state index in [4.69, 9.17) is 4.74 Å². The Kier molecular flexibility index (Phi) is 3.37. The van der Waals surface area contributed by atoms with Crippen molar-refractivity contribution in [3.8, 4) is 5.75 Å². The molecule has 3 atom stereocenters. The molecule has 1 aromatic rings. The molecule has 1 saturated heterocycles. The van der Waals surface area contributed by atoms with Gasteiger partial charge in [0.2, 0.25) is 0 Å². The van der Waals surface area contributed by atoms with Crippen LogP contribution in [0.2, 0.25) is 0 Å². The number of ether oxygens (including phenoxy) is 1. The summed E-state index contributed by atoms with van der Waals surface area (Å²) in [6, 6.07) is 6.74. The molecule has 2 aliphatic heterocycles. The highest BCUT2D eigenvalue weighted by atomic mass is 79.9. The first-order chi connectivity index (χ1) is 8.64. The number of hydrogen-bond acceptors (Lipinski definition) is 3. The Balaban J connectivity index is 2.02. The maximum atomic E-state index is 6.40. The summed E-state index contributed by atoms with van der Waals surface area (Å²) in [5, 5.41) is 4.02. The van der Waals surface area contributed by atoms with E-state index in [9.17, 15) is 0 Å². The third-order valence-electron chi connectivity index (χ3n) is 4.19. The Morgan fingerprint density at radius 1 is 1.50 bits per heavy atom. The van der Waals surface area contributed by atoms with Crippen molar-refractivity contribution in [2.75, 3.05) is 12.8 Å². The normalized spacial score (nSPS) is 34.4. The average molecular weight is 328 g/mol. The monoisotopic (exact) mass is 327 g/mol. The minimum atomic E-state index is 0.0270. The van der Waals surface area contributed by atoms with Gasteiger partial charge in [0.25, 0.3) is 0 Å². The highest BCUT2D eigenvalue weighted by Crippen LogP contribution is 2.49. The van der Waals surface area contributed by atoms with Gasteiger partial charge in [0.15, 0.2) is 0 Å². The Morgan fingerprint density at radius 2 is 2.33 bits per heavy atom. The molecule has 3 rings (SSSR count). The van der Waals surface area contributed by atoms with E-state index in [0.717, 1.165) is 23.1 Å². The Bertz CT molecular complexity index is 467. The lowest BCUT2D eigenvalue weighted by atomic mass is 9.83. The van der Waals surface area contributed by atoms with Gasteiger partial charge in [-0.15, -0.1) is 0 Å². The molecule has 0 aromatic heterocycles. The zero-order valence-electron chi connectivity index (χ0n) is 10.7. The highest BCUT2D eigenvalue weighted by Gasteiger charge is 2.48. The van der Waals surface area contributed by atoms with E-state index in [1.165, 1.54) is 11.3 Å². The lowest BCUT2D eigenvalue weighted by Crippen LogP contribution is -2.47. The molecular formula is C14H18BrNOS. The third-order valence-corrected chi connectivity index (χ3v) is 6.06. The average Bonchev–Trinajstić information content (AvgIpc) is 2.70. The number of nitrogens with one attached hydrogen (secondary N) is 1. The Hall–Kier alpha value is -0.190. The van der Waals surface area contributed by atoms with Crippen molar-refractivity contribution >= 4 is 27.7 Å². The quantitative estimate of drug-likeness (QED) is 0.848. The van der Waals surface area contributed by atoms with Gasteiger partial charge in [0, 0.05) is 27.7 Å². The predicted octanol–water partition coefficient (Wildman–Crippen LogP) is 3.76. The summed E-state index contributed by atoms with van der Waals surface area (Å²) in [5.74, 6) is 2.27. The van der Waals surface area contributed by atoms with Gasteiger partial charge in [-0.1, -0.05) is 15.9 Å². The number of thioether (sulfide) groups is 1. The molecule has 2 aliphatic rings. The summed E-state index contributed by atoms with van der Waals surface area (Å²) >= 11 is 5.58. The molecule has 0 bridgehead atoms. The van der Waals surface area contributed by atoms with Gasteiger partial charge in [0.1, 0.15) is 11.4 Å². The fraction of sp³-hybridized carbons (Fsp3) is 0.571. The van der Waals surface area contributed by atoms with Gasteiger partial charge in [-0.25, -0.2) is 0 Å². The van der Waals surface area contributed by atoms with Gasteiger partial charge in [-0.05, 0) is 44.3 Å². The van der Waals surface area contributed by atoms with Crippen LogP contribution in [0.25, 0.3) is 0 Å². The first kappa shape index (κ1) is 12.8. The summed E-state index contributed by atoms with van der Waals surface area (Å²) in [6.07, 6.45) is 2.23. The van der Waals surface area contributed by atoms with Crippen molar-refractivity contribution in [1.29, 1.82) is 0 Å². The molecule has 0 saturated carbocycles. The molecule has 2 heterocycles. The molecule has 0 radical (unpaired) electrons. The summed E-state index contributed by atoms with van der Waals surface area (Å²) in [5.41, 5.74) is 1.31. The van der Waals surface area contributed by atoms with Crippen LogP contribution >= 0.6 is 27.7 Å². The molecule has 3 unspecified atom stereocenters. The van der Waals surface area contributed by atoms with Gasteiger partial charge in [-0.3, -0.25) is 0 Å². The first-order valence-corrected chi connectivity index (χ1v) is 8.26. The zero-order valence-corrected chi connectivity index (χ0v) is 13.1. The molecular weight excluding hydrogens is 310 g/mol. The second-order valence-corrected chi connectivity index (χ2v) is 7.52. The van der Waals surface area contributed by atoms with E-state index in [1.54, 1.807) is 0 Å². The molecule has 1 fully saturated rings. The van der Waals surface area contributed by atoms with Crippen LogP contribution in [0.5, 0.6) is 5.75 Å². The van der Waals surface area contributed by atoms with E-state index >= 15 is 0 Å². The molecule has 4 heteroatoms. The SMILES string of the molecule is CNC1CC2(CCSC2C)Oc2ccc(Br)cc21. The van der Waals surface area contributed by atoms with Crippen LogP contribution in [0.4, 0.5) is 0 Å². The predicted molar refractivity (Wildman–Crippen MR) is 80.5 cm³/mol.